The number of carbonyl (C=O) groups excluding carboxylic acids is 2. The standard InChI is InChI=1S/C33H28F6N2O4/c34-32(35,36)25-13-24(14-26(18-25)33(37,38)39)17-30(42)41-27(31(40)43)15-23-11-12-28(44-19-21-7-3-1-4-8-21)29(16-23)45-20-22-9-5-2-6-10-22/h1-14,16,18,27H,15,17,19-20H2,(H2,40,43)(H,41,42)/t27-/m1/s1. The van der Waals surface area contributed by atoms with E-state index in [0.29, 0.717) is 29.2 Å². The molecule has 6 nitrogen and oxygen atoms in total. The van der Waals surface area contributed by atoms with Crippen LogP contribution in [0.3, 0.4) is 0 Å². The van der Waals surface area contributed by atoms with Gasteiger partial charge in [-0.2, -0.15) is 26.3 Å². The molecule has 0 aromatic heterocycles. The van der Waals surface area contributed by atoms with Gasteiger partial charge >= 0.3 is 12.4 Å². The van der Waals surface area contributed by atoms with Gasteiger partial charge in [0.05, 0.1) is 17.5 Å². The summed E-state index contributed by atoms with van der Waals surface area (Å²) in [6.45, 7) is 0.437. The monoisotopic (exact) mass is 630 g/mol. The van der Waals surface area contributed by atoms with Gasteiger partial charge in [0.25, 0.3) is 0 Å². The minimum atomic E-state index is -5.07. The average molecular weight is 631 g/mol. The van der Waals surface area contributed by atoms with E-state index in [2.05, 4.69) is 5.32 Å². The van der Waals surface area contributed by atoms with E-state index in [4.69, 9.17) is 15.2 Å². The summed E-state index contributed by atoms with van der Waals surface area (Å²) < 4.78 is 91.4. The van der Waals surface area contributed by atoms with Gasteiger partial charge in [0, 0.05) is 6.42 Å². The third-order valence-electron chi connectivity index (χ3n) is 6.61. The highest BCUT2D eigenvalue weighted by molar-refractivity contribution is 5.87. The number of nitrogens with two attached hydrogens (primary N) is 1. The topological polar surface area (TPSA) is 90.7 Å². The zero-order chi connectivity index (χ0) is 32.6. The van der Waals surface area contributed by atoms with Gasteiger partial charge in [0.1, 0.15) is 19.3 Å². The highest BCUT2D eigenvalue weighted by atomic mass is 19.4. The van der Waals surface area contributed by atoms with Crippen LogP contribution in [-0.4, -0.2) is 17.9 Å². The summed E-state index contributed by atoms with van der Waals surface area (Å²) in [7, 11) is 0. The molecule has 12 heteroatoms. The number of halogens is 6. The number of rotatable bonds is 12. The Labute approximate surface area is 254 Å². The largest absolute Gasteiger partial charge is 0.485 e. The first-order valence-electron chi connectivity index (χ1n) is 13.6. The molecular formula is C33H28F6N2O4. The van der Waals surface area contributed by atoms with E-state index in [1.54, 1.807) is 18.2 Å². The molecule has 0 heterocycles. The number of ether oxygens (including phenoxy) is 2. The number of alkyl halides is 6. The number of carbonyl (C=O) groups is 2. The van der Waals surface area contributed by atoms with E-state index in [0.717, 1.165) is 11.1 Å². The molecule has 4 aromatic carbocycles. The van der Waals surface area contributed by atoms with E-state index in [9.17, 15) is 35.9 Å². The molecule has 2 amide bonds. The van der Waals surface area contributed by atoms with E-state index in [1.165, 1.54) is 0 Å². The van der Waals surface area contributed by atoms with Gasteiger partial charge in [-0.1, -0.05) is 66.7 Å². The molecule has 0 aliphatic carbocycles. The number of primary amides is 1. The van der Waals surface area contributed by atoms with Crippen LogP contribution in [0.25, 0.3) is 0 Å². The molecule has 0 saturated heterocycles. The van der Waals surface area contributed by atoms with Crippen LogP contribution in [0.1, 0.15) is 33.4 Å². The first-order chi connectivity index (χ1) is 21.3. The van der Waals surface area contributed by atoms with Gasteiger partial charge in [0.2, 0.25) is 11.8 Å². The Morgan fingerprint density at radius 3 is 1.64 bits per heavy atom. The fourth-order valence-corrected chi connectivity index (χ4v) is 4.39. The van der Waals surface area contributed by atoms with Gasteiger partial charge in [-0.05, 0) is 52.6 Å². The maximum Gasteiger partial charge on any atom is 0.416 e. The van der Waals surface area contributed by atoms with Crippen LogP contribution in [0.4, 0.5) is 26.3 Å². The molecule has 0 radical (unpaired) electrons. The molecule has 4 rings (SSSR count). The molecule has 0 spiro atoms. The van der Waals surface area contributed by atoms with Crippen molar-refractivity contribution in [3.8, 4) is 11.5 Å². The first-order valence-corrected chi connectivity index (χ1v) is 13.6. The van der Waals surface area contributed by atoms with Gasteiger partial charge in [-0.15, -0.1) is 0 Å². The lowest BCUT2D eigenvalue weighted by molar-refractivity contribution is -0.143. The van der Waals surface area contributed by atoms with Crippen molar-refractivity contribution < 1.29 is 45.4 Å². The number of benzene rings is 4. The third kappa shape index (κ3) is 9.75. The summed E-state index contributed by atoms with van der Waals surface area (Å²) in [5, 5.41) is 2.32. The first kappa shape index (κ1) is 32.9. The van der Waals surface area contributed by atoms with E-state index < -0.39 is 53.3 Å². The Bertz CT molecular complexity index is 1580. The predicted molar refractivity (Wildman–Crippen MR) is 153 cm³/mol. The van der Waals surface area contributed by atoms with Crippen molar-refractivity contribution in [3.05, 3.63) is 130 Å². The van der Waals surface area contributed by atoms with Crippen LogP contribution in [0.2, 0.25) is 0 Å². The second-order valence-electron chi connectivity index (χ2n) is 10.1. The van der Waals surface area contributed by atoms with Crippen LogP contribution >= 0.6 is 0 Å². The molecule has 0 bridgehead atoms. The Hall–Kier alpha value is -5.00. The molecule has 1 atom stereocenters. The van der Waals surface area contributed by atoms with Crippen molar-refractivity contribution in [2.45, 2.75) is 44.4 Å². The molecule has 236 valence electrons. The zero-order valence-corrected chi connectivity index (χ0v) is 23.6. The Morgan fingerprint density at radius 1 is 0.644 bits per heavy atom. The van der Waals surface area contributed by atoms with Crippen LogP contribution in [-0.2, 0) is 48.0 Å². The fourth-order valence-electron chi connectivity index (χ4n) is 4.39. The lowest BCUT2D eigenvalue weighted by atomic mass is 10.0. The smallest absolute Gasteiger partial charge is 0.416 e. The number of hydrogen-bond donors (Lipinski definition) is 2. The Morgan fingerprint density at radius 2 is 1.16 bits per heavy atom. The molecule has 45 heavy (non-hydrogen) atoms. The molecule has 0 saturated carbocycles. The van der Waals surface area contributed by atoms with Crippen molar-refractivity contribution in [2.24, 2.45) is 5.73 Å². The van der Waals surface area contributed by atoms with Crippen molar-refractivity contribution in [1.82, 2.24) is 5.32 Å². The summed E-state index contributed by atoms with van der Waals surface area (Å²) in [6.07, 6.45) is -11.1. The van der Waals surface area contributed by atoms with Crippen molar-refractivity contribution in [1.29, 1.82) is 0 Å². The summed E-state index contributed by atoms with van der Waals surface area (Å²) in [4.78, 5) is 25.0. The van der Waals surface area contributed by atoms with Gasteiger partial charge in [0.15, 0.2) is 11.5 Å². The highest BCUT2D eigenvalue weighted by Crippen LogP contribution is 2.36. The molecule has 4 aromatic rings. The lowest BCUT2D eigenvalue weighted by Gasteiger charge is -2.19. The molecular weight excluding hydrogens is 602 g/mol. The summed E-state index contributed by atoms with van der Waals surface area (Å²) in [6, 6.07) is 23.1. The summed E-state index contributed by atoms with van der Waals surface area (Å²) >= 11 is 0. The average Bonchev–Trinajstić information content (AvgIpc) is 2.99. The van der Waals surface area contributed by atoms with Crippen LogP contribution < -0.4 is 20.5 Å². The second-order valence-corrected chi connectivity index (χ2v) is 10.1. The minimum absolute atomic E-state index is 0.0295. The fraction of sp³-hybridized carbons (Fsp3) is 0.212. The SMILES string of the molecule is NC(=O)[C@@H](Cc1ccc(OCc2ccccc2)c(OCc2ccccc2)c1)NC(=O)Cc1cc(C(F)(F)F)cc(C(F)(F)F)c1. The Kier molecular flexibility index (Phi) is 10.4. The molecule has 0 aliphatic heterocycles. The second kappa shape index (κ2) is 14.2. The molecule has 3 N–H and O–H groups in total. The predicted octanol–water partition coefficient (Wildman–Crippen LogP) is 6.64. The normalized spacial score (nSPS) is 12.3. The van der Waals surface area contributed by atoms with E-state index in [-0.39, 0.29) is 25.7 Å². The third-order valence-corrected chi connectivity index (χ3v) is 6.61. The number of nitrogens with one attached hydrogen (secondary N) is 1. The summed E-state index contributed by atoms with van der Waals surface area (Å²) in [5.74, 6) is -1.21. The van der Waals surface area contributed by atoms with Gasteiger partial charge < -0.3 is 20.5 Å². The Balaban J connectivity index is 1.51. The van der Waals surface area contributed by atoms with Crippen molar-refractivity contribution >= 4 is 11.8 Å². The van der Waals surface area contributed by atoms with E-state index >= 15 is 0 Å². The maximum atomic E-state index is 13.2. The molecule has 0 unspecified atom stereocenters. The van der Waals surface area contributed by atoms with Crippen LogP contribution in [0.5, 0.6) is 11.5 Å². The lowest BCUT2D eigenvalue weighted by Crippen LogP contribution is -2.46. The summed E-state index contributed by atoms with van der Waals surface area (Å²) in [5.41, 5.74) is 4.14. The molecule has 0 aliphatic rings. The van der Waals surface area contributed by atoms with E-state index in [1.807, 2.05) is 60.7 Å². The van der Waals surface area contributed by atoms with Crippen molar-refractivity contribution in [3.63, 3.8) is 0 Å². The molecule has 0 fully saturated rings. The number of amides is 2. The minimum Gasteiger partial charge on any atom is -0.485 e. The van der Waals surface area contributed by atoms with Gasteiger partial charge in [-0.25, -0.2) is 0 Å². The quantitative estimate of drug-likeness (QED) is 0.172. The van der Waals surface area contributed by atoms with Crippen molar-refractivity contribution in [2.75, 3.05) is 0 Å². The number of hydrogen-bond acceptors (Lipinski definition) is 4. The maximum absolute atomic E-state index is 13.2. The highest BCUT2D eigenvalue weighted by Gasteiger charge is 2.37. The van der Waals surface area contributed by atoms with Gasteiger partial charge in [-0.3, -0.25) is 9.59 Å². The van der Waals surface area contributed by atoms with Crippen LogP contribution in [0, 0.1) is 0 Å². The zero-order valence-electron chi connectivity index (χ0n) is 23.6. The van der Waals surface area contributed by atoms with Crippen LogP contribution in [0.15, 0.2) is 97.1 Å².